The van der Waals surface area contributed by atoms with Crippen LogP contribution in [0.4, 0.5) is 4.39 Å². The molecule has 0 radical (unpaired) electrons. The fraction of sp³-hybridized carbons (Fsp3) is 0.286. The Morgan fingerprint density at radius 3 is 3.00 bits per heavy atom. The predicted octanol–water partition coefficient (Wildman–Crippen LogP) is -0.212. The Kier molecular flexibility index (Phi) is 4.33. The van der Waals surface area contributed by atoms with Crippen molar-refractivity contribution >= 4 is 11.8 Å². The van der Waals surface area contributed by atoms with Crippen molar-refractivity contribution in [3.8, 4) is 11.8 Å². The minimum absolute atomic E-state index is 0.130. The number of carbonyl (C=O) groups is 2. The van der Waals surface area contributed by atoms with E-state index in [-0.39, 0.29) is 30.5 Å². The first-order valence-corrected chi connectivity index (χ1v) is 6.07. The molecule has 1 fully saturated rings. The number of halogens is 1. The third kappa shape index (κ3) is 3.33. The highest BCUT2D eigenvalue weighted by atomic mass is 19.1. The van der Waals surface area contributed by atoms with E-state index in [9.17, 15) is 14.0 Å². The lowest BCUT2D eigenvalue weighted by Crippen LogP contribution is -2.36. The van der Waals surface area contributed by atoms with Crippen molar-refractivity contribution in [1.82, 2.24) is 10.6 Å². The summed E-state index contributed by atoms with van der Waals surface area (Å²) in [6.45, 7) is 0.0327. The maximum absolute atomic E-state index is 13.7. The lowest BCUT2D eigenvalue weighted by molar-refractivity contribution is -0.119. The quantitative estimate of drug-likeness (QED) is 0.654. The first kappa shape index (κ1) is 14.0. The van der Waals surface area contributed by atoms with Gasteiger partial charge < -0.3 is 15.7 Å². The summed E-state index contributed by atoms with van der Waals surface area (Å²) in [5.41, 5.74) is 0.306. The largest absolute Gasteiger partial charge is 0.384 e. The average Bonchev–Trinajstić information content (AvgIpc) is 2.83. The Hall–Kier alpha value is -2.39. The molecule has 0 spiro atoms. The molecular weight excluding hydrogens is 263 g/mol. The summed E-state index contributed by atoms with van der Waals surface area (Å²) in [6.07, 6.45) is 0.192. The van der Waals surface area contributed by atoms with Gasteiger partial charge in [-0.15, -0.1) is 0 Å². The molecule has 1 unspecified atom stereocenters. The topological polar surface area (TPSA) is 78.4 Å². The van der Waals surface area contributed by atoms with Gasteiger partial charge in [0.2, 0.25) is 5.91 Å². The van der Waals surface area contributed by atoms with Gasteiger partial charge >= 0.3 is 0 Å². The van der Waals surface area contributed by atoms with E-state index in [0.29, 0.717) is 12.1 Å². The third-order valence-electron chi connectivity index (χ3n) is 2.84. The van der Waals surface area contributed by atoms with Crippen molar-refractivity contribution in [2.24, 2.45) is 0 Å². The summed E-state index contributed by atoms with van der Waals surface area (Å²) in [5, 5.41) is 13.8. The number of nitrogens with one attached hydrogen (secondary N) is 2. The van der Waals surface area contributed by atoms with E-state index >= 15 is 0 Å². The van der Waals surface area contributed by atoms with Gasteiger partial charge in [0.25, 0.3) is 5.91 Å². The van der Waals surface area contributed by atoms with Crippen molar-refractivity contribution in [3.05, 3.63) is 35.1 Å². The summed E-state index contributed by atoms with van der Waals surface area (Å²) < 4.78 is 13.7. The first-order chi connectivity index (χ1) is 9.60. The number of aliphatic hydroxyl groups excluding tert-OH is 1. The van der Waals surface area contributed by atoms with E-state index in [4.69, 9.17) is 5.11 Å². The van der Waals surface area contributed by atoms with Gasteiger partial charge in [-0.05, 0) is 18.2 Å². The zero-order valence-electron chi connectivity index (χ0n) is 10.6. The smallest absolute Gasteiger partial charge is 0.254 e. The predicted molar refractivity (Wildman–Crippen MR) is 69.2 cm³/mol. The van der Waals surface area contributed by atoms with Crippen LogP contribution in [0.5, 0.6) is 0 Å². The highest BCUT2D eigenvalue weighted by Crippen LogP contribution is 2.11. The monoisotopic (exact) mass is 276 g/mol. The van der Waals surface area contributed by atoms with Crippen molar-refractivity contribution < 1.29 is 19.1 Å². The lowest BCUT2D eigenvalue weighted by atomic mass is 10.1. The number of rotatable bonds is 2. The molecule has 1 aliphatic rings. The van der Waals surface area contributed by atoms with Crippen LogP contribution in [0.25, 0.3) is 0 Å². The second-order valence-electron chi connectivity index (χ2n) is 4.33. The van der Waals surface area contributed by atoms with Crippen LogP contribution in [0.2, 0.25) is 0 Å². The van der Waals surface area contributed by atoms with E-state index in [0.717, 1.165) is 6.07 Å². The number of benzene rings is 1. The summed E-state index contributed by atoms with van der Waals surface area (Å²) in [4.78, 5) is 23.0. The maximum atomic E-state index is 13.7. The van der Waals surface area contributed by atoms with Crippen LogP contribution in [0.15, 0.2) is 18.2 Å². The summed E-state index contributed by atoms with van der Waals surface area (Å²) >= 11 is 0. The highest BCUT2D eigenvalue weighted by molar-refractivity contribution is 5.95. The Morgan fingerprint density at radius 1 is 1.55 bits per heavy atom. The Morgan fingerprint density at radius 2 is 2.35 bits per heavy atom. The van der Waals surface area contributed by atoms with Crippen LogP contribution in [0.1, 0.15) is 22.3 Å². The van der Waals surface area contributed by atoms with Crippen molar-refractivity contribution in [3.63, 3.8) is 0 Å². The Bertz CT molecular complexity index is 604. The molecule has 1 heterocycles. The summed E-state index contributed by atoms with van der Waals surface area (Å²) in [6, 6.07) is 3.56. The molecule has 1 saturated heterocycles. The molecule has 0 aromatic heterocycles. The molecule has 1 aliphatic heterocycles. The molecule has 1 aromatic carbocycles. The minimum atomic E-state index is -0.658. The van der Waals surface area contributed by atoms with E-state index in [2.05, 4.69) is 22.5 Å². The molecule has 2 amide bonds. The normalized spacial score (nSPS) is 17.1. The Balaban J connectivity index is 2.14. The minimum Gasteiger partial charge on any atom is -0.384 e. The fourth-order valence-electron chi connectivity index (χ4n) is 1.89. The number of amides is 2. The maximum Gasteiger partial charge on any atom is 0.254 e. The second kappa shape index (κ2) is 6.17. The molecule has 20 heavy (non-hydrogen) atoms. The standard InChI is InChI=1S/C14H13FN2O3/c15-12-4-3-9(2-1-5-18)6-11(12)14(20)17-10-7-13(19)16-8-10/h3-4,6,10,18H,5,7-8H2,(H,16,19)(H,17,20). The van der Waals surface area contributed by atoms with Gasteiger partial charge in [0.05, 0.1) is 11.6 Å². The van der Waals surface area contributed by atoms with Crippen molar-refractivity contribution in [2.75, 3.05) is 13.2 Å². The van der Waals surface area contributed by atoms with Crippen LogP contribution in [0.3, 0.4) is 0 Å². The van der Waals surface area contributed by atoms with Crippen LogP contribution in [0, 0.1) is 17.7 Å². The molecule has 104 valence electrons. The molecular formula is C14H13FN2O3. The van der Waals surface area contributed by atoms with E-state index < -0.39 is 11.7 Å². The summed E-state index contributed by atoms with van der Waals surface area (Å²) in [5.74, 6) is 3.65. The fourth-order valence-corrected chi connectivity index (χ4v) is 1.89. The molecule has 5 nitrogen and oxygen atoms in total. The molecule has 3 N–H and O–H groups in total. The van der Waals surface area contributed by atoms with E-state index in [1.54, 1.807) is 0 Å². The zero-order valence-corrected chi connectivity index (χ0v) is 10.6. The number of hydrogen-bond acceptors (Lipinski definition) is 3. The van der Waals surface area contributed by atoms with Crippen LogP contribution < -0.4 is 10.6 Å². The lowest BCUT2D eigenvalue weighted by Gasteiger charge is -2.11. The van der Waals surface area contributed by atoms with Gasteiger partial charge in [-0.1, -0.05) is 11.8 Å². The Labute approximate surface area is 115 Å². The van der Waals surface area contributed by atoms with Gasteiger partial charge in [-0.3, -0.25) is 9.59 Å². The third-order valence-corrected chi connectivity index (χ3v) is 2.84. The molecule has 1 aromatic rings. The highest BCUT2D eigenvalue weighted by Gasteiger charge is 2.24. The first-order valence-electron chi connectivity index (χ1n) is 6.07. The molecule has 0 bridgehead atoms. The summed E-state index contributed by atoms with van der Waals surface area (Å²) in [7, 11) is 0. The van der Waals surface area contributed by atoms with Gasteiger partial charge in [0.1, 0.15) is 12.4 Å². The molecule has 0 aliphatic carbocycles. The van der Waals surface area contributed by atoms with Crippen LogP contribution in [-0.2, 0) is 4.79 Å². The molecule has 2 rings (SSSR count). The average molecular weight is 276 g/mol. The number of hydrogen-bond donors (Lipinski definition) is 3. The van der Waals surface area contributed by atoms with Gasteiger partial charge in [-0.25, -0.2) is 4.39 Å². The zero-order chi connectivity index (χ0) is 14.5. The molecule has 0 saturated carbocycles. The van der Waals surface area contributed by atoms with E-state index in [1.165, 1.54) is 12.1 Å². The number of aliphatic hydroxyl groups is 1. The van der Waals surface area contributed by atoms with Gasteiger partial charge in [-0.2, -0.15) is 0 Å². The van der Waals surface area contributed by atoms with Gasteiger partial charge in [0.15, 0.2) is 0 Å². The van der Waals surface area contributed by atoms with Gasteiger partial charge in [0, 0.05) is 18.5 Å². The van der Waals surface area contributed by atoms with Crippen LogP contribution in [-0.4, -0.2) is 36.1 Å². The molecule has 1 atom stereocenters. The van der Waals surface area contributed by atoms with E-state index in [1.807, 2.05) is 0 Å². The van der Waals surface area contributed by atoms with Crippen molar-refractivity contribution in [2.45, 2.75) is 12.5 Å². The number of carbonyl (C=O) groups excluding carboxylic acids is 2. The SMILES string of the molecule is O=C1CC(NC(=O)c2cc(C#CCO)ccc2F)CN1. The second-order valence-corrected chi connectivity index (χ2v) is 4.33. The van der Waals surface area contributed by atoms with Crippen molar-refractivity contribution in [1.29, 1.82) is 0 Å². The molecule has 6 heteroatoms. The van der Waals surface area contributed by atoms with Crippen LogP contribution >= 0.6 is 0 Å².